The molecule has 2 amide bonds. The molecule has 1 aliphatic carbocycles. The molecule has 0 bridgehead atoms. The van der Waals surface area contributed by atoms with Gasteiger partial charge in [-0.2, -0.15) is 9.55 Å². The second-order valence-electron chi connectivity index (χ2n) is 11.6. The molecule has 1 aliphatic rings. The molecule has 0 spiro atoms. The van der Waals surface area contributed by atoms with Gasteiger partial charge in [0.25, 0.3) is 11.8 Å². The zero-order valence-corrected chi connectivity index (χ0v) is 28.6. The number of ether oxygens (including phenoxy) is 1. The molecule has 1 unspecified atom stereocenters. The number of nitrogens with zero attached hydrogens (tertiary/aromatic N) is 2. The standard InChI is InChI=1S/C33H36Cl2N5O6P/c1-20(2)45-33(43)21(3)39-47(44,46-28-18-9-12-22-11-7-8-15-24(22)28)40-19-27(37-31(41)29-25(34)16-10-17-26(29)35)30(38-40)32(42)36-23-13-5-4-6-14-23/h7-12,15-21,23H,4-6,13-14H2,1-3H3,(H,36,42)(H,37,41)(H,39,44)/t21-,47?/m0/s1. The van der Waals surface area contributed by atoms with Crippen LogP contribution in [0.4, 0.5) is 5.69 Å². The van der Waals surface area contributed by atoms with E-state index in [9.17, 15) is 18.9 Å². The highest BCUT2D eigenvalue weighted by molar-refractivity contribution is 7.55. The third-order valence-electron chi connectivity index (χ3n) is 7.60. The Morgan fingerprint density at radius 3 is 2.28 bits per heavy atom. The molecule has 248 valence electrons. The fourth-order valence-corrected chi connectivity index (χ4v) is 7.64. The summed E-state index contributed by atoms with van der Waals surface area (Å²) in [7, 11) is -4.40. The van der Waals surface area contributed by atoms with Crippen LogP contribution in [-0.2, 0) is 14.1 Å². The summed E-state index contributed by atoms with van der Waals surface area (Å²) in [5.74, 6) is -1.73. The van der Waals surface area contributed by atoms with Crippen molar-refractivity contribution in [2.45, 2.75) is 71.1 Å². The van der Waals surface area contributed by atoms with Gasteiger partial charge in [0.2, 0.25) is 0 Å². The first-order valence-electron chi connectivity index (χ1n) is 15.4. The summed E-state index contributed by atoms with van der Waals surface area (Å²) < 4.78 is 27.4. The smallest absolute Gasteiger partial charge is 0.440 e. The average Bonchev–Trinajstić information content (AvgIpc) is 3.46. The summed E-state index contributed by atoms with van der Waals surface area (Å²) in [4.78, 5) is 40.0. The van der Waals surface area contributed by atoms with Crippen LogP contribution in [-0.4, -0.2) is 45.5 Å². The van der Waals surface area contributed by atoms with Gasteiger partial charge in [-0.3, -0.25) is 14.4 Å². The first kappa shape index (κ1) is 34.4. The van der Waals surface area contributed by atoms with Gasteiger partial charge in [-0.1, -0.05) is 84.9 Å². The molecule has 5 rings (SSSR count). The molecular formula is C33H36Cl2N5O6P. The van der Waals surface area contributed by atoms with Gasteiger partial charge >= 0.3 is 13.6 Å². The summed E-state index contributed by atoms with van der Waals surface area (Å²) in [5, 5.41) is 14.5. The summed E-state index contributed by atoms with van der Waals surface area (Å²) >= 11 is 12.6. The number of rotatable bonds is 11. The lowest BCUT2D eigenvalue weighted by Gasteiger charge is -2.24. The maximum Gasteiger partial charge on any atom is 0.440 e. The monoisotopic (exact) mass is 699 g/mol. The topological polar surface area (TPSA) is 141 Å². The molecule has 3 aromatic carbocycles. The number of carbonyl (C=O) groups excluding carboxylic acids is 3. The van der Waals surface area contributed by atoms with Crippen molar-refractivity contribution in [2.75, 3.05) is 5.32 Å². The quantitative estimate of drug-likeness (QED) is 0.107. The molecule has 0 radical (unpaired) electrons. The second kappa shape index (κ2) is 14.9. The molecule has 1 heterocycles. The van der Waals surface area contributed by atoms with Crippen molar-refractivity contribution < 1.29 is 28.2 Å². The third-order valence-corrected chi connectivity index (χ3v) is 10.1. The number of amides is 2. The predicted molar refractivity (Wildman–Crippen MR) is 182 cm³/mol. The van der Waals surface area contributed by atoms with Gasteiger partial charge in [0.05, 0.1) is 33.6 Å². The van der Waals surface area contributed by atoms with Crippen LogP contribution in [0.1, 0.15) is 73.7 Å². The zero-order valence-electron chi connectivity index (χ0n) is 26.2. The van der Waals surface area contributed by atoms with Gasteiger partial charge in [0, 0.05) is 11.4 Å². The Morgan fingerprint density at radius 1 is 0.915 bits per heavy atom. The molecule has 1 saturated carbocycles. The molecule has 1 aromatic heterocycles. The highest BCUT2D eigenvalue weighted by Gasteiger charge is 2.37. The Kier molecular flexibility index (Phi) is 10.9. The SMILES string of the molecule is CC(C)OC(=O)[C@H](C)NP(=O)(Oc1cccc2ccccc12)n1cc(NC(=O)c2c(Cl)cccc2Cl)c(C(=O)NC2CCCCC2)n1. The number of hydrogen-bond donors (Lipinski definition) is 3. The lowest BCUT2D eigenvalue weighted by Crippen LogP contribution is -2.38. The Bertz CT molecular complexity index is 1820. The molecule has 11 nitrogen and oxygen atoms in total. The van der Waals surface area contributed by atoms with E-state index in [2.05, 4.69) is 20.8 Å². The van der Waals surface area contributed by atoms with Crippen molar-refractivity contribution in [3.05, 3.63) is 88.2 Å². The lowest BCUT2D eigenvalue weighted by atomic mass is 9.95. The van der Waals surface area contributed by atoms with Gasteiger partial charge in [-0.05, 0) is 57.2 Å². The van der Waals surface area contributed by atoms with Crippen LogP contribution in [0.15, 0.2) is 66.9 Å². The molecule has 3 N–H and O–H groups in total. The van der Waals surface area contributed by atoms with Crippen molar-refractivity contribution in [1.29, 1.82) is 0 Å². The first-order chi connectivity index (χ1) is 22.4. The van der Waals surface area contributed by atoms with Gasteiger partial charge in [-0.15, -0.1) is 0 Å². The minimum atomic E-state index is -4.40. The number of fused-ring (bicyclic) bond motifs is 1. The van der Waals surface area contributed by atoms with Crippen LogP contribution in [0.3, 0.4) is 0 Å². The van der Waals surface area contributed by atoms with Crippen LogP contribution in [0.2, 0.25) is 10.0 Å². The number of hydrogen-bond acceptors (Lipinski definition) is 7. The van der Waals surface area contributed by atoms with Crippen LogP contribution in [0, 0.1) is 0 Å². The van der Waals surface area contributed by atoms with Gasteiger partial charge < -0.3 is 19.9 Å². The molecule has 2 atom stereocenters. The first-order valence-corrected chi connectivity index (χ1v) is 17.7. The number of carbonyl (C=O) groups is 3. The van der Waals surface area contributed by atoms with E-state index < -0.39 is 37.6 Å². The second-order valence-corrected chi connectivity index (χ2v) is 14.3. The van der Waals surface area contributed by atoms with E-state index in [1.54, 1.807) is 38.1 Å². The number of halogens is 2. The van der Waals surface area contributed by atoms with Gasteiger partial charge in [0.15, 0.2) is 5.69 Å². The molecule has 47 heavy (non-hydrogen) atoms. The Morgan fingerprint density at radius 2 is 1.57 bits per heavy atom. The highest BCUT2D eigenvalue weighted by atomic mass is 35.5. The number of benzene rings is 3. The van der Waals surface area contributed by atoms with Crippen molar-refractivity contribution >= 4 is 65.1 Å². The normalized spacial score (nSPS) is 15.5. The maximum absolute atomic E-state index is 14.9. The van der Waals surface area contributed by atoms with Crippen LogP contribution in [0.5, 0.6) is 5.75 Å². The summed E-state index contributed by atoms with van der Waals surface area (Å²) in [6.45, 7) is 4.87. The molecule has 4 aromatic rings. The Hall–Kier alpha value is -3.89. The van der Waals surface area contributed by atoms with Crippen molar-refractivity contribution in [1.82, 2.24) is 20.0 Å². The van der Waals surface area contributed by atoms with Crippen molar-refractivity contribution in [2.24, 2.45) is 0 Å². The highest BCUT2D eigenvalue weighted by Crippen LogP contribution is 2.47. The largest absolute Gasteiger partial charge is 0.462 e. The van der Waals surface area contributed by atoms with E-state index in [1.165, 1.54) is 25.3 Å². The predicted octanol–water partition coefficient (Wildman–Crippen LogP) is 7.62. The molecule has 0 saturated heterocycles. The number of anilines is 1. The fraction of sp³-hybridized carbons (Fsp3) is 0.333. The minimum Gasteiger partial charge on any atom is -0.462 e. The van der Waals surface area contributed by atoms with E-state index in [0.29, 0.717) is 5.39 Å². The van der Waals surface area contributed by atoms with E-state index in [-0.39, 0.29) is 38.8 Å². The molecule has 14 heteroatoms. The third kappa shape index (κ3) is 8.16. The molecule has 0 aliphatic heterocycles. The van der Waals surface area contributed by atoms with E-state index >= 15 is 0 Å². The Labute approximate surface area is 282 Å². The van der Waals surface area contributed by atoms with Crippen LogP contribution >= 0.6 is 30.9 Å². The summed E-state index contributed by atoms with van der Waals surface area (Å²) in [6.07, 6.45) is 5.40. The van der Waals surface area contributed by atoms with E-state index in [4.69, 9.17) is 32.5 Å². The van der Waals surface area contributed by atoms with Crippen LogP contribution < -0.4 is 20.2 Å². The summed E-state index contributed by atoms with van der Waals surface area (Å²) in [5.41, 5.74) is -0.297. The van der Waals surface area contributed by atoms with Gasteiger partial charge in [0.1, 0.15) is 11.8 Å². The van der Waals surface area contributed by atoms with Crippen molar-refractivity contribution in [3.63, 3.8) is 0 Å². The number of esters is 1. The lowest BCUT2D eigenvalue weighted by molar-refractivity contribution is -0.149. The van der Waals surface area contributed by atoms with E-state index in [0.717, 1.165) is 41.9 Å². The average molecular weight is 701 g/mol. The number of aromatic nitrogens is 2. The number of nitrogens with one attached hydrogen (secondary N) is 3. The fourth-order valence-electron chi connectivity index (χ4n) is 5.32. The molecular weight excluding hydrogens is 664 g/mol. The van der Waals surface area contributed by atoms with E-state index in [1.807, 2.05) is 24.3 Å². The zero-order chi connectivity index (χ0) is 33.7. The maximum atomic E-state index is 14.9. The van der Waals surface area contributed by atoms with Crippen LogP contribution in [0.25, 0.3) is 10.8 Å². The Balaban J connectivity index is 1.59. The minimum absolute atomic E-state index is 0.0133. The summed E-state index contributed by atoms with van der Waals surface area (Å²) in [6, 6.07) is 16.0. The van der Waals surface area contributed by atoms with Crippen molar-refractivity contribution in [3.8, 4) is 5.75 Å². The van der Waals surface area contributed by atoms with Gasteiger partial charge in [-0.25, -0.2) is 9.65 Å². The molecule has 1 fully saturated rings.